The molecule has 0 aliphatic heterocycles. The van der Waals surface area contributed by atoms with Crippen molar-refractivity contribution >= 4 is 27.5 Å². The van der Waals surface area contributed by atoms with Crippen LogP contribution in [-0.4, -0.2) is 45.3 Å². The van der Waals surface area contributed by atoms with E-state index in [1.165, 1.54) is 10.9 Å². The lowest BCUT2D eigenvalue weighted by Gasteiger charge is -2.27. The van der Waals surface area contributed by atoms with Gasteiger partial charge in [-0.3, -0.25) is 0 Å². The number of halogens is 3. The molecule has 184 valence electrons. The molecule has 1 aromatic heterocycles. The van der Waals surface area contributed by atoms with Crippen LogP contribution in [0.1, 0.15) is 37.6 Å². The molecular formula is C25H30BrClFN3O3. The normalized spacial score (nSPS) is 13.5. The lowest BCUT2D eigenvalue weighted by Crippen LogP contribution is -2.24. The molecule has 1 heterocycles. The molecule has 0 spiro atoms. The van der Waals surface area contributed by atoms with Gasteiger partial charge in [0.1, 0.15) is 36.6 Å². The second kappa shape index (κ2) is 12.0. The van der Waals surface area contributed by atoms with Gasteiger partial charge in [0.15, 0.2) is 0 Å². The van der Waals surface area contributed by atoms with Crippen molar-refractivity contribution in [2.24, 2.45) is 5.92 Å². The summed E-state index contributed by atoms with van der Waals surface area (Å²) in [5.41, 5.74) is 2.25. The van der Waals surface area contributed by atoms with Crippen molar-refractivity contribution in [3.63, 3.8) is 0 Å². The molecule has 0 aliphatic rings. The van der Waals surface area contributed by atoms with Gasteiger partial charge < -0.3 is 14.6 Å². The number of rotatable bonds is 12. The first kappa shape index (κ1) is 26.4. The minimum Gasteiger partial charge on any atom is -0.492 e. The summed E-state index contributed by atoms with van der Waals surface area (Å²) in [7, 11) is 0. The number of benzene rings is 2. The molecule has 0 bridgehead atoms. The first-order chi connectivity index (χ1) is 16.2. The zero-order valence-corrected chi connectivity index (χ0v) is 21.9. The summed E-state index contributed by atoms with van der Waals surface area (Å²) in [4.78, 5) is 0. The fourth-order valence-corrected chi connectivity index (χ4v) is 3.95. The van der Waals surface area contributed by atoms with Gasteiger partial charge in [0.25, 0.3) is 0 Å². The van der Waals surface area contributed by atoms with Crippen molar-refractivity contribution in [1.29, 1.82) is 0 Å². The summed E-state index contributed by atoms with van der Waals surface area (Å²) in [6.07, 6.45) is 0.674. The number of aromatic nitrogens is 3. The molecule has 3 aromatic rings. The molecule has 0 saturated carbocycles. The Morgan fingerprint density at radius 1 is 1.12 bits per heavy atom. The van der Waals surface area contributed by atoms with E-state index in [0.29, 0.717) is 18.2 Å². The van der Waals surface area contributed by atoms with Crippen molar-refractivity contribution in [1.82, 2.24) is 15.0 Å². The highest BCUT2D eigenvalue weighted by molar-refractivity contribution is 9.10. The number of ether oxygens (including phenoxy) is 2. The van der Waals surface area contributed by atoms with Crippen molar-refractivity contribution in [2.45, 2.75) is 45.5 Å². The zero-order valence-electron chi connectivity index (χ0n) is 19.5. The van der Waals surface area contributed by atoms with Crippen LogP contribution in [0.25, 0.3) is 0 Å². The van der Waals surface area contributed by atoms with Crippen molar-refractivity contribution in [3.05, 3.63) is 70.0 Å². The average molecular weight is 554 g/mol. The second-order valence-corrected chi connectivity index (χ2v) is 10.1. The van der Waals surface area contributed by atoms with Crippen LogP contribution >= 0.6 is 27.5 Å². The number of alkyl halides is 2. The second-order valence-electron chi connectivity index (χ2n) is 8.90. The fourth-order valence-electron chi connectivity index (χ4n) is 3.37. The average Bonchev–Trinajstić information content (AvgIpc) is 3.29. The molecule has 3 rings (SSSR count). The van der Waals surface area contributed by atoms with Gasteiger partial charge >= 0.3 is 0 Å². The summed E-state index contributed by atoms with van der Waals surface area (Å²) in [5.74, 6) is 2.29. The van der Waals surface area contributed by atoms with E-state index in [1.807, 2.05) is 37.3 Å². The molecule has 6 nitrogen and oxygen atoms in total. The Labute approximate surface area is 213 Å². The van der Waals surface area contributed by atoms with E-state index >= 15 is 0 Å². The van der Waals surface area contributed by atoms with E-state index in [0.717, 1.165) is 21.3 Å². The van der Waals surface area contributed by atoms with E-state index in [1.54, 1.807) is 0 Å². The molecule has 2 aromatic carbocycles. The quantitative estimate of drug-likeness (QED) is 0.299. The fraction of sp³-hybridized carbons (Fsp3) is 0.440. The molecule has 0 aliphatic carbocycles. The molecule has 0 radical (unpaired) electrons. The predicted molar refractivity (Wildman–Crippen MR) is 134 cm³/mol. The highest BCUT2D eigenvalue weighted by atomic mass is 79.9. The van der Waals surface area contributed by atoms with Gasteiger partial charge in [0.2, 0.25) is 0 Å². The van der Waals surface area contributed by atoms with Gasteiger partial charge in [0.05, 0.1) is 23.8 Å². The van der Waals surface area contributed by atoms with E-state index in [9.17, 15) is 9.50 Å². The Morgan fingerprint density at radius 3 is 2.44 bits per heavy atom. The number of nitrogens with zero attached hydrogens (tertiary/aromatic N) is 3. The van der Waals surface area contributed by atoms with Crippen LogP contribution in [-0.2, 0) is 18.6 Å². The smallest absolute Gasteiger partial charge is 0.135 e. The number of hydrogen-bond donors (Lipinski definition) is 1. The largest absolute Gasteiger partial charge is 0.492 e. The summed E-state index contributed by atoms with van der Waals surface area (Å²) in [6, 6.07) is 14.0. The summed E-state index contributed by atoms with van der Waals surface area (Å²) < 4.78 is 26.5. The van der Waals surface area contributed by atoms with Gasteiger partial charge in [-0.2, -0.15) is 0 Å². The zero-order chi connectivity index (χ0) is 24.7. The molecular weight excluding hydrogens is 524 g/mol. The van der Waals surface area contributed by atoms with Gasteiger partial charge in [-0.25, -0.2) is 9.07 Å². The molecule has 1 N–H and O–H groups in total. The Morgan fingerprint density at radius 2 is 1.82 bits per heavy atom. The summed E-state index contributed by atoms with van der Waals surface area (Å²) in [6.45, 7) is 6.52. The lowest BCUT2D eigenvalue weighted by atomic mass is 9.78. The van der Waals surface area contributed by atoms with Crippen molar-refractivity contribution < 1.29 is 19.0 Å². The van der Waals surface area contributed by atoms with E-state index < -0.39 is 12.8 Å². The van der Waals surface area contributed by atoms with Crippen LogP contribution in [0, 0.1) is 5.92 Å². The van der Waals surface area contributed by atoms with Gasteiger partial charge in [0, 0.05) is 17.2 Å². The molecule has 0 unspecified atom stereocenters. The standard InChI is InChI=1S/C25H30BrClFN3O3/c1-17(11-27)15-34-24-9-6-19(10-23(24)26)25(2,3)18-4-7-22(8-5-18)33-16-21(32)14-31-13-20(12-28)29-30-31/h4-10,13,17,21,32H,11-12,14-16H2,1-3H3/t17-,21+/m0/s1/i28-1. The predicted octanol–water partition coefficient (Wildman–Crippen LogP) is 5.53. The number of hydrogen-bond acceptors (Lipinski definition) is 5. The third-order valence-electron chi connectivity index (χ3n) is 5.58. The van der Waals surface area contributed by atoms with Gasteiger partial charge in [-0.05, 0) is 51.3 Å². The SMILES string of the molecule is C[C@@H](CCl)COc1ccc(C(C)(C)c2ccc(OC[C@H](O)Cn3cc(C[18F])nn3)cc2)cc1Br. The van der Waals surface area contributed by atoms with Gasteiger partial charge in [-0.1, -0.05) is 44.2 Å². The Bertz CT molecular complexity index is 1060. The van der Waals surface area contributed by atoms with Crippen LogP contribution in [0.15, 0.2) is 53.1 Å². The topological polar surface area (TPSA) is 69.4 Å². The maximum Gasteiger partial charge on any atom is 0.135 e. The van der Waals surface area contributed by atoms with E-state index in [-0.39, 0.29) is 30.2 Å². The Balaban J connectivity index is 1.59. The van der Waals surface area contributed by atoms with Crippen LogP contribution in [0.2, 0.25) is 0 Å². The first-order valence-electron chi connectivity index (χ1n) is 11.1. The van der Waals surface area contributed by atoms with Crippen LogP contribution in [0.3, 0.4) is 0 Å². The van der Waals surface area contributed by atoms with E-state index in [4.69, 9.17) is 21.1 Å². The molecule has 0 fully saturated rings. The Hall–Kier alpha value is -2.16. The first-order valence-corrected chi connectivity index (χ1v) is 12.4. The minimum atomic E-state index is -0.796. The van der Waals surface area contributed by atoms with Crippen LogP contribution < -0.4 is 9.47 Å². The molecule has 0 saturated heterocycles. The monoisotopic (exact) mass is 552 g/mol. The summed E-state index contributed by atoms with van der Waals surface area (Å²) in [5, 5.41) is 17.6. The highest BCUT2D eigenvalue weighted by Gasteiger charge is 2.24. The molecule has 34 heavy (non-hydrogen) atoms. The number of aliphatic hydroxyl groups is 1. The van der Waals surface area contributed by atoms with Gasteiger partial charge in [-0.15, -0.1) is 16.7 Å². The van der Waals surface area contributed by atoms with Crippen molar-refractivity contribution in [2.75, 3.05) is 19.1 Å². The van der Waals surface area contributed by atoms with Crippen LogP contribution in [0.4, 0.5) is 4.39 Å². The molecule has 9 heteroatoms. The molecule has 2 atom stereocenters. The third kappa shape index (κ3) is 6.93. The lowest BCUT2D eigenvalue weighted by molar-refractivity contribution is 0.0888. The summed E-state index contributed by atoms with van der Waals surface area (Å²) >= 11 is 9.49. The van der Waals surface area contributed by atoms with E-state index in [2.05, 4.69) is 52.2 Å². The van der Waals surface area contributed by atoms with Crippen molar-refractivity contribution in [3.8, 4) is 11.5 Å². The number of aliphatic hydroxyl groups excluding tert-OH is 1. The highest BCUT2D eigenvalue weighted by Crippen LogP contribution is 2.36. The maximum absolute atomic E-state index is 12.6. The van der Waals surface area contributed by atoms with Crippen LogP contribution in [0.5, 0.6) is 11.5 Å². The minimum absolute atomic E-state index is 0.0876. The maximum atomic E-state index is 12.6. The Kier molecular flexibility index (Phi) is 9.33. The third-order valence-corrected chi connectivity index (χ3v) is 6.73. The molecule has 0 amide bonds.